The van der Waals surface area contributed by atoms with Gasteiger partial charge < -0.3 is 14.6 Å². The van der Waals surface area contributed by atoms with E-state index in [1.807, 2.05) is 24.3 Å². The van der Waals surface area contributed by atoms with Crippen molar-refractivity contribution in [1.82, 2.24) is 20.4 Å². The molecule has 28 heavy (non-hydrogen) atoms. The molecule has 6 heteroatoms. The summed E-state index contributed by atoms with van der Waals surface area (Å²) in [4.78, 5) is 15.6. The number of carbonyl (C=O) groups is 1. The van der Waals surface area contributed by atoms with E-state index in [2.05, 4.69) is 27.3 Å². The number of rotatable bonds is 4. The third-order valence-electron chi connectivity index (χ3n) is 6.29. The van der Waals surface area contributed by atoms with Crippen molar-refractivity contribution in [3.8, 4) is 11.5 Å². The quantitative estimate of drug-likeness (QED) is 0.870. The van der Waals surface area contributed by atoms with Crippen molar-refractivity contribution in [3.63, 3.8) is 0 Å². The lowest BCUT2D eigenvalue weighted by Crippen LogP contribution is -2.46. The van der Waals surface area contributed by atoms with E-state index in [9.17, 15) is 4.79 Å². The van der Waals surface area contributed by atoms with Crippen LogP contribution in [0.5, 0.6) is 0 Å². The summed E-state index contributed by atoms with van der Waals surface area (Å²) < 4.78 is 5.53. The molecule has 0 atom stereocenters. The predicted molar refractivity (Wildman–Crippen MR) is 108 cm³/mol. The number of nitrogens with zero attached hydrogens (tertiary/aromatic N) is 3. The molecule has 1 saturated heterocycles. The average molecular weight is 383 g/mol. The van der Waals surface area contributed by atoms with E-state index in [0.29, 0.717) is 29.0 Å². The molecule has 150 valence electrons. The summed E-state index contributed by atoms with van der Waals surface area (Å²) >= 11 is 0. The molecule has 0 spiro atoms. The van der Waals surface area contributed by atoms with Crippen LogP contribution in [0.4, 0.5) is 0 Å². The Morgan fingerprint density at radius 1 is 1.07 bits per heavy atom. The zero-order valence-electron chi connectivity index (χ0n) is 16.9. The van der Waals surface area contributed by atoms with Crippen molar-refractivity contribution in [2.24, 2.45) is 5.92 Å². The van der Waals surface area contributed by atoms with Gasteiger partial charge in [-0.2, -0.15) is 0 Å². The van der Waals surface area contributed by atoms with Crippen LogP contribution in [0.2, 0.25) is 0 Å². The van der Waals surface area contributed by atoms with E-state index in [4.69, 9.17) is 4.42 Å². The Kier molecular flexibility index (Phi) is 5.76. The maximum atomic E-state index is 12.9. The summed E-state index contributed by atoms with van der Waals surface area (Å²) in [6.07, 6.45) is 7.08. The topological polar surface area (TPSA) is 71.3 Å². The van der Waals surface area contributed by atoms with Crippen LogP contribution in [0.3, 0.4) is 0 Å². The molecule has 1 amide bonds. The number of hydrogen-bond donors (Lipinski definition) is 1. The minimum Gasteiger partial charge on any atom is -0.421 e. The lowest BCUT2D eigenvalue weighted by Gasteiger charge is -2.40. The van der Waals surface area contributed by atoms with Crippen LogP contribution in [-0.4, -0.2) is 46.2 Å². The van der Waals surface area contributed by atoms with Crippen molar-refractivity contribution < 1.29 is 9.21 Å². The lowest BCUT2D eigenvalue weighted by molar-refractivity contribution is 0.0861. The van der Waals surface area contributed by atoms with Crippen molar-refractivity contribution in [2.75, 3.05) is 13.1 Å². The summed E-state index contributed by atoms with van der Waals surface area (Å²) in [5, 5.41) is 11.2. The molecule has 6 nitrogen and oxygen atoms in total. The first-order valence-corrected chi connectivity index (χ1v) is 10.5. The fourth-order valence-electron chi connectivity index (χ4n) is 4.52. The summed E-state index contributed by atoms with van der Waals surface area (Å²) in [6, 6.07) is 8.37. The van der Waals surface area contributed by atoms with E-state index in [1.54, 1.807) is 6.92 Å². The van der Waals surface area contributed by atoms with Gasteiger partial charge in [0.15, 0.2) is 0 Å². The van der Waals surface area contributed by atoms with Gasteiger partial charge in [0.05, 0.1) is 11.1 Å². The summed E-state index contributed by atoms with van der Waals surface area (Å²) in [7, 11) is 0. The molecule has 1 aromatic heterocycles. The van der Waals surface area contributed by atoms with Gasteiger partial charge in [-0.05, 0) is 69.7 Å². The molecule has 1 aliphatic carbocycles. The smallest absolute Gasteiger partial charge is 0.252 e. The number of aromatic nitrogens is 2. The monoisotopic (exact) mass is 382 g/mol. The van der Waals surface area contributed by atoms with Gasteiger partial charge >= 0.3 is 0 Å². The van der Waals surface area contributed by atoms with Crippen LogP contribution >= 0.6 is 0 Å². The normalized spacial score (nSPS) is 24.2. The number of nitrogens with one attached hydrogen (secondary N) is 1. The van der Waals surface area contributed by atoms with Gasteiger partial charge in [-0.15, -0.1) is 10.2 Å². The molecule has 2 heterocycles. The van der Waals surface area contributed by atoms with Crippen molar-refractivity contribution in [3.05, 3.63) is 35.7 Å². The number of hydrogen-bond acceptors (Lipinski definition) is 5. The highest BCUT2D eigenvalue weighted by Gasteiger charge is 2.29. The summed E-state index contributed by atoms with van der Waals surface area (Å²) in [6.45, 7) is 6.58. The fourth-order valence-corrected chi connectivity index (χ4v) is 4.52. The first-order valence-electron chi connectivity index (χ1n) is 10.5. The van der Waals surface area contributed by atoms with Crippen LogP contribution in [0.1, 0.15) is 61.7 Å². The first-order chi connectivity index (χ1) is 13.6. The molecule has 2 aliphatic rings. The van der Waals surface area contributed by atoms with Gasteiger partial charge in [-0.1, -0.05) is 19.1 Å². The van der Waals surface area contributed by atoms with Gasteiger partial charge in [-0.3, -0.25) is 4.79 Å². The second kappa shape index (κ2) is 8.43. The Morgan fingerprint density at radius 3 is 2.46 bits per heavy atom. The zero-order chi connectivity index (χ0) is 19.5. The highest BCUT2D eigenvalue weighted by Crippen LogP contribution is 2.28. The summed E-state index contributed by atoms with van der Waals surface area (Å²) in [5.41, 5.74) is 1.29. The third kappa shape index (κ3) is 4.27. The molecule has 0 unspecified atom stereocenters. The number of likely N-dealkylation sites (tertiary alicyclic amines) is 1. The second-order valence-electron chi connectivity index (χ2n) is 8.37. The van der Waals surface area contributed by atoms with Crippen LogP contribution in [0, 0.1) is 12.8 Å². The molecule has 1 saturated carbocycles. The number of benzene rings is 1. The zero-order valence-corrected chi connectivity index (χ0v) is 16.9. The molecule has 0 radical (unpaired) electrons. The highest BCUT2D eigenvalue weighted by molar-refractivity contribution is 6.00. The third-order valence-corrected chi connectivity index (χ3v) is 6.29. The maximum absolute atomic E-state index is 12.9. The van der Waals surface area contributed by atoms with Crippen LogP contribution in [0.25, 0.3) is 11.5 Å². The van der Waals surface area contributed by atoms with E-state index in [1.165, 1.54) is 38.8 Å². The van der Waals surface area contributed by atoms with Crippen molar-refractivity contribution in [1.29, 1.82) is 0 Å². The molecule has 2 fully saturated rings. The Morgan fingerprint density at radius 2 is 1.79 bits per heavy atom. The van der Waals surface area contributed by atoms with Crippen molar-refractivity contribution >= 4 is 5.91 Å². The Hall–Kier alpha value is -2.21. The van der Waals surface area contributed by atoms with Crippen LogP contribution in [-0.2, 0) is 0 Å². The van der Waals surface area contributed by atoms with Gasteiger partial charge in [0, 0.05) is 19.0 Å². The van der Waals surface area contributed by atoms with E-state index in [-0.39, 0.29) is 11.9 Å². The Balaban J connectivity index is 1.35. The second-order valence-corrected chi connectivity index (χ2v) is 8.37. The molecule has 1 aromatic carbocycles. The van der Waals surface area contributed by atoms with E-state index < -0.39 is 0 Å². The van der Waals surface area contributed by atoms with Gasteiger partial charge in [0.1, 0.15) is 0 Å². The number of aryl methyl sites for hydroxylation is 1. The molecule has 0 bridgehead atoms. The molecular formula is C22H30N4O2. The lowest BCUT2D eigenvalue weighted by atomic mass is 9.88. The van der Waals surface area contributed by atoms with Crippen LogP contribution < -0.4 is 5.32 Å². The highest BCUT2D eigenvalue weighted by atomic mass is 16.4. The molecule has 2 aromatic rings. The fraction of sp³-hybridized carbons (Fsp3) is 0.591. The predicted octanol–water partition coefficient (Wildman–Crippen LogP) is 3.82. The minimum absolute atomic E-state index is 0.0540. The standard InChI is InChI=1S/C22H30N4O2/c1-15-11-13-26(14-12-15)18-9-7-17(8-10-18)23-21(27)19-5-3-4-6-20(19)22-25-24-16(2)28-22/h3-6,15,17-18H,7-14H2,1-2H3,(H,23,27). The molecular weight excluding hydrogens is 352 g/mol. The Bertz CT molecular complexity index is 802. The maximum Gasteiger partial charge on any atom is 0.252 e. The largest absolute Gasteiger partial charge is 0.421 e. The summed E-state index contributed by atoms with van der Waals surface area (Å²) in [5.74, 6) is 1.71. The van der Waals surface area contributed by atoms with Gasteiger partial charge in [-0.25, -0.2) is 0 Å². The number of amides is 1. The van der Waals surface area contributed by atoms with Crippen LogP contribution in [0.15, 0.2) is 28.7 Å². The van der Waals surface area contributed by atoms with E-state index in [0.717, 1.165) is 18.8 Å². The SMILES string of the molecule is Cc1nnc(-c2ccccc2C(=O)NC2CCC(N3CCC(C)CC3)CC2)o1. The van der Waals surface area contributed by atoms with Gasteiger partial charge in [0.2, 0.25) is 11.8 Å². The minimum atomic E-state index is -0.0540. The Labute approximate surface area is 166 Å². The van der Waals surface area contributed by atoms with Gasteiger partial charge in [0.25, 0.3) is 5.91 Å². The van der Waals surface area contributed by atoms with E-state index >= 15 is 0 Å². The number of carbonyl (C=O) groups excluding carboxylic acids is 1. The molecule has 4 rings (SSSR count). The average Bonchev–Trinajstić information content (AvgIpc) is 3.15. The van der Waals surface area contributed by atoms with Crippen molar-refractivity contribution in [2.45, 2.75) is 64.5 Å². The molecule has 1 aliphatic heterocycles. The molecule has 1 N–H and O–H groups in total. The first kappa shape index (κ1) is 19.1. The number of piperidine rings is 1.